The molecule has 21 heavy (non-hydrogen) atoms. The first-order valence-electron chi connectivity index (χ1n) is 7.80. The van der Waals surface area contributed by atoms with Crippen molar-refractivity contribution in [3.8, 4) is 0 Å². The van der Waals surface area contributed by atoms with Gasteiger partial charge in [-0.15, -0.1) is 0 Å². The van der Waals surface area contributed by atoms with E-state index in [9.17, 15) is 0 Å². The Bertz CT molecular complexity index is 583. The van der Waals surface area contributed by atoms with Crippen molar-refractivity contribution in [2.45, 2.75) is 53.0 Å². The molecule has 1 unspecified atom stereocenters. The van der Waals surface area contributed by atoms with E-state index in [4.69, 9.17) is 4.42 Å². The summed E-state index contributed by atoms with van der Waals surface area (Å²) in [5, 5.41) is 3.67. The Kier molecular flexibility index (Phi) is 5.23. The maximum absolute atomic E-state index is 5.81. The van der Waals surface area contributed by atoms with E-state index in [-0.39, 0.29) is 0 Å². The van der Waals surface area contributed by atoms with Crippen molar-refractivity contribution < 1.29 is 4.42 Å². The number of aromatic nitrogens is 2. The van der Waals surface area contributed by atoms with E-state index in [0.29, 0.717) is 6.04 Å². The topological polar surface area (TPSA) is 43.0 Å². The van der Waals surface area contributed by atoms with Crippen LogP contribution in [-0.2, 0) is 13.5 Å². The summed E-state index contributed by atoms with van der Waals surface area (Å²) in [5.41, 5.74) is 2.61. The second kappa shape index (κ2) is 6.94. The summed E-state index contributed by atoms with van der Waals surface area (Å²) in [6.45, 7) is 9.48. The Labute approximate surface area is 127 Å². The first kappa shape index (κ1) is 15.8. The Morgan fingerprint density at radius 2 is 2.05 bits per heavy atom. The van der Waals surface area contributed by atoms with Gasteiger partial charge >= 0.3 is 0 Å². The van der Waals surface area contributed by atoms with Crippen LogP contribution in [0.15, 0.2) is 16.8 Å². The van der Waals surface area contributed by atoms with E-state index in [1.165, 1.54) is 11.1 Å². The second-order valence-corrected chi connectivity index (χ2v) is 5.75. The first-order valence-corrected chi connectivity index (χ1v) is 7.80. The number of rotatable bonds is 7. The van der Waals surface area contributed by atoms with Crippen molar-refractivity contribution in [3.63, 3.8) is 0 Å². The van der Waals surface area contributed by atoms with E-state index < -0.39 is 0 Å². The predicted molar refractivity (Wildman–Crippen MR) is 85.5 cm³/mol. The second-order valence-electron chi connectivity index (χ2n) is 5.75. The number of furan rings is 1. The highest BCUT2D eigenvalue weighted by atomic mass is 16.3. The van der Waals surface area contributed by atoms with Crippen LogP contribution in [0.2, 0.25) is 0 Å². The van der Waals surface area contributed by atoms with Crippen molar-refractivity contribution in [1.29, 1.82) is 0 Å². The van der Waals surface area contributed by atoms with E-state index in [1.807, 2.05) is 19.3 Å². The summed E-state index contributed by atoms with van der Waals surface area (Å²) in [5.74, 6) is 3.20. The Hall–Kier alpha value is -1.55. The third kappa shape index (κ3) is 3.56. The number of aryl methyl sites for hydroxylation is 4. The van der Waals surface area contributed by atoms with Gasteiger partial charge < -0.3 is 14.3 Å². The molecule has 2 aromatic heterocycles. The van der Waals surface area contributed by atoms with Gasteiger partial charge in [-0.1, -0.05) is 6.92 Å². The maximum Gasteiger partial charge on any atom is 0.108 e. The summed E-state index contributed by atoms with van der Waals surface area (Å²) >= 11 is 0. The molecule has 0 bridgehead atoms. The van der Waals surface area contributed by atoms with Crippen LogP contribution in [0.4, 0.5) is 0 Å². The number of hydrogen-bond donors (Lipinski definition) is 1. The number of nitrogens with one attached hydrogen (secondary N) is 1. The normalized spacial score (nSPS) is 12.8. The minimum absolute atomic E-state index is 0.332. The van der Waals surface area contributed by atoms with Gasteiger partial charge in [0.05, 0.1) is 0 Å². The summed E-state index contributed by atoms with van der Waals surface area (Å²) < 4.78 is 7.90. The molecular formula is C17H27N3O. The minimum atomic E-state index is 0.332. The highest BCUT2D eigenvalue weighted by Gasteiger charge is 2.21. The third-order valence-electron chi connectivity index (χ3n) is 4.18. The van der Waals surface area contributed by atoms with Crippen molar-refractivity contribution in [3.05, 3.63) is 40.9 Å². The van der Waals surface area contributed by atoms with E-state index >= 15 is 0 Å². The molecule has 0 fully saturated rings. The molecule has 0 aliphatic carbocycles. The molecule has 0 amide bonds. The van der Waals surface area contributed by atoms with Gasteiger partial charge in [0, 0.05) is 37.5 Å². The van der Waals surface area contributed by atoms with E-state index in [0.717, 1.165) is 43.2 Å². The molecule has 4 nitrogen and oxygen atoms in total. The molecule has 4 heteroatoms. The molecular weight excluding hydrogens is 262 g/mol. The summed E-state index contributed by atoms with van der Waals surface area (Å²) in [4.78, 5) is 4.42. The molecule has 1 atom stereocenters. The molecule has 2 aromatic rings. The highest BCUT2D eigenvalue weighted by molar-refractivity contribution is 5.34. The molecule has 0 saturated carbocycles. The average Bonchev–Trinajstić information content (AvgIpc) is 2.96. The summed E-state index contributed by atoms with van der Waals surface area (Å²) in [7, 11) is 2.05. The van der Waals surface area contributed by atoms with Crippen LogP contribution >= 0.6 is 0 Å². The van der Waals surface area contributed by atoms with Crippen molar-refractivity contribution >= 4 is 0 Å². The molecule has 0 saturated heterocycles. The average molecular weight is 289 g/mol. The number of hydrogen-bond acceptors (Lipinski definition) is 3. The summed E-state index contributed by atoms with van der Waals surface area (Å²) in [6, 6.07) is 0.332. The number of nitrogens with zero attached hydrogens (tertiary/aromatic N) is 2. The van der Waals surface area contributed by atoms with E-state index in [1.54, 1.807) is 0 Å². The molecule has 1 N–H and O–H groups in total. The molecule has 0 spiro atoms. The maximum atomic E-state index is 5.81. The van der Waals surface area contributed by atoms with Gasteiger partial charge in [0.25, 0.3) is 0 Å². The van der Waals surface area contributed by atoms with Crippen LogP contribution < -0.4 is 5.32 Å². The lowest BCUT2D eigenvalue weighted by Gasteiger charge is -2.19. The van der Waals surface area contributed by atoms with Crippen molar-refractivity contribution in [2.24, 2.45) is 7.05 Å². The van der Waals surface area contributed by atoms with Crippen LogP contribution in [0.25, 0.3) is 0 Å². The molecule has 2 rings (SSSR count). The van der Waals surface area contributed by atoms with Crippen LogP contribution in [0.5, 0.6) is 0 Å². The smallest absolute Gasteiger partial charge is 0.108 e. The van der Waals surface area contributed by atoms with Crippen LogP contribution in [-0.4, -0.2) is 16.1 Å². The van der Waals surface area contributed by atoms with Gasteiger partial charge in [-0.05, 0) is 45.7 Å². The predicted octanol–water partition coefficient (Wildman–Crippen LogP) is 3.61. The van der Waals surface area contributed by atoms with Crippen molar-refractivity contribution in [2.75, 3.05) is 6.54 Å². The highest BCUT2D eigenvalue weighted by Crippen LogP contribution is 2.29. The standard InChI is InChI=1S/C17H27N3O/c1-6-9-18-15(7-8-16-19-10-11-20(16)5)17-12(2)13(3)21-14(17)4/h10-11,15,18H,6-9H2,1-5H3. The zero-order chi connectivity index (χ0) is 15.4. The minimum Gasteiger partial charge on any atom is -0.466 e. The molecule has 116 valence electrons. The van der Waals surface area contributed by atoms with Crippen molar-refractivity contribution in [1.82, 2.24) is 14.9 Å². The Morgan fingerprint density at radius 3 is 2.57 bits per heavy atom. The zero-order valence-electron chi connectivity index (χ0n) is 13.9. The van der Waals surface area contributed by atoms with Gasteiger partial charge in [-0.25, -0.2) is 4.98 Å². The van der Waals surface area contributed by atoms with Gasteiger partial charge in [0.2, 0.25) is 0 Å². The quantitative estimate of drug-likeness (QED) is 0.846. The fourth-order valence-corrected chi connectivity index (χ4v) is 2.90. The monoisotopic (exact) mass is 289 g/mol. The lowest BCUT2D eigenvalue weighted by atomic mass is 9.97. The molecule has 0 aliphatic heterocycles. The molecule has 0 aliphatic rings. The summed E-state index contributed by atoms with van der Waals surface area (Å²) in [6.07, 6.45) is 7.00. The van der Waals surface area contributed by atoms with Gasteiger partial charge in [0.1, 0.15) is 17.3 Å². The molecule has 0 aromatic carbocycles. The SMILES string of the molecule is CCCNC(CCc1nccn1C)c1c(C)oc(C)c1C. The van der Waals surface area contributed by atoms with Crippen LogP contribution in [0, 0.1) is 20.8 Å². The molecule has 2 heterocycles. The van der Waals surface area contributed by atoms with Crippen LogP contribution in [0.3, 0.4) is 0 Å². The first-order chi connectivity index (χ1) is 10.0. The Morgan fingerprint density at radius 1 is 1.29 bits per heavy atom. The Balaban J connectivity index is 2.16. The van der Waals surface area contributed by atoms with Gasteiger partial charge in [0.15, 0.2) is 0 Å². The van der Waals surface area contributed by atoms with Gasteiger partial charge in [-0.2, -0.15) is 0 Å². The largest absolute Gasteiger partial charge is 0.466 e. The lowest BCUT2D eigenvalue weighted by molar-refractivity contribution is 0.464. The van der Waals surface area contributed by atoms with E-state index in [2.05, 4.69) is 42.7 Å². The zero-order valence-corrected chi connectivity index (χ0v) is 13.9. The van der Waals surface area contributed by atoms with Crippen LogP contribution in [0.1, 0.15) is 54.3 Å². The fraction of sp³-hybridized carbons (Fsp3) is 0.588. The fourth-order valence-electron chi connectivity index (χ4n) is 2.90. The lowest BCUT2D eigenvalue weighted by Crippen LogP contribution is -2.24. The number of imidazole rings is 1. The van der Waals surface area contributed by atoms with Gasteiger partial charge in [-0.3, -0.25) is 0 Å². The molecule has 0 radical (unpaired) electrons. The third-order valence-corrected chi connectivity index (χ3v) is 4.18.